The highest BCUT2D eigenvalue weighted by Gasteiger charge is 2.15. The first kappa shape index (κ1) is 12.6. The van der Waals surface area contributed by atoms with Crippen LogP contribution in [0.15, 0.2) is 22.8 Å². The first-order chi connectivity index (χ1) is 8.58. The molecule has 0 aliphatic carbocycles. The van der Waals surface area contributed by atoms with E-state index in [2.05, 4.69) is 20.9 Å². The van der Waals surface area contributed by atoms with E-state index in [0.29, 0.717) is 26.9 Å². The van der Waals surface area contributed by atoms with Crippen molar-refractivity contribution in [3.8, 4) is 11.5 Å². The fraction of sp³-hybridized carbons (Fsp3) is 0.167. The number of carbonyl (C=O) groups is 1. The van der Waals surface area contributed by atoms with E-state index in [9.17, 15) is 4.79 Å². The van der Waals surface area contributed by atoms with E-state index in [0.717, 1.165) is 0 Å². The largest absolute Gasteiger partial charge is 0.493 e. The van der Waals surface area contributed by atoms with Crippen LogP contribution < -0.4 is 9.47 Å². The van der Waals surface area contributed by atoms with Gasteiger partial charge < -0.3 is 14.6 Å². The number of fused-ring (bicyclic) bond motifs is 1. The van der Waals surface area contributed by atoms with Crippen LogP contribution in [0.2, 0.25) is 0 Å². The Morgan fingerprint density at radius 2 is 1.89 bits per heavy atom. The third-order valence-electron chi connectivity index (χ3n) is 2.54. The molecule has 6 heteroatoms. The van der Waals surface area contributed by atoms with E-state index in [1.807, 2.05) is 0 Å². The molecule has 2 rings (SSSR count). The number of aromatic nitrogens is 1. The Morgan fingerprint density at radius 1 is 1.28 bits per heavy atom. The summed E-state index contributed by atoms with van der Waals surface area (Å²) in [4.78, 5) is 15.1. The number of halogens is 1. The average Bonchev–Trinajstić information content (AvgIpc) is 2.37. The van der Waals surface area contributed by atoms with Crippen molar-refractivity contribution in [1.29, 1.82) is 0 Å². The van der Waals surface area contributed by atoms with Gasteiger partial charge in [-0.3, -0.25) is 4.98 Å². The number of aromatic carboxylic acids is 1. The van der Waals surface area contributed by atoms with Crippen LogP contribution in [0.5, 0.6) is 11.5 Å². The van der Waals surface area contributed by atoms with Crippen molar-refractivity contribution < 1.29 is 19.4 Å². The van der Waals surface area contributed by atoms with Gasteiger partial charge in [-0.1, -0.05) is 0 Å². The van der Waals surface area contributed by atoms with Crippen molar-refractivity contribution in [2.75, 3.05) is 14.2 Å². The lowest BCUT2D eigenvalue weighted by Crippen LogP contribution is -2.00. The zero-order valence-corrected chi connectivity index (χ0v) is 11.3. The van der Waals surface area contributed by atoms with Crippen LogP contribution in [0.3, 0.4) is 0 Å². The predicted molar refractivity (Wildman–Crippen MR) is 69.5 cm³/mol. The molecule has 0 amide bonds. The maximum absolute atomic E-state index is 11.0. The molecule has 0 bridgehead atoms. The van der Waals surface area contributed by atoms with Crippen LogP contribution in [0.4, 0.5) is 0 Å². The smallest absolute Gasteiger partial charge is 0.338 e. The van der Waals surface area contributed by atoms with Gasteiger partial charge in [0.05, 0.1) is 25.3 Å². The summed E-state index contributed by atoms with van der Waals surface area (Å²) in [6.07, 6.45) is 1.31. The number of pyridine rings is 1. The van der Waals surface area contributed by atoms with Gasteiger partial charge in [-0.25, -0.2) is 4.79 Å². The first-order valence-corrected chi connectivity index (χ1v) is 5.81. The molecule has 0 fully saturated rings. The van der Waals surface area contributed by atoms with Crippen molar-refractivity contribution in [2.24, 2.45) is 0 Å². The Bertz CT molecular complexity index is 627. The van der Waals surface area contributed by atoms with Crippen LogP contribution in [0.25, 0.3) is 10.9 Å². The van der Waals surface area contributed by atoms with Gasteiger partial charge in [0.15, 0.2) is 11.5 Å². The van der Waals surface area contributed by atoms with Crippen LogP contribution in [-0.4, -0.2) is 30.3 Å². The highest BCUT2D eigenvalue weighted by molar-refractivity contribution is 9.10. The standard InChI is InChI=1S/C12H10BrNO4/c1-17-9-3-6-8(4-10(9)18-2)14-5-7(11(6)13)12(15)16/h3-5H,1-2H3,(H,15,16). The lowest BCUT2D eigenvalue weighted by atomic mass is 10.1. The van der Waals surface area contributed by atoms with Crippen molar-refractivity contribution in [2.45, 2.75) is 0 Å². The van der Waals surface area contributed by atoms with E-state index in [4.69, 9.17) is 14.6 Å². The van der Waals surface area contributed by atoms with Gasteiger partial charge >= 0.3 is 5.97 Å². The van der Waals surface area contributed by atoms with Crippen molar-refractivity contribution in [1.82, 2.24) is 4.98 Å². The minimum absolute atomic E-state index is 0.106. The molecular weight excluding hydrogens is 302 g/mol. The molecule has 1 N–H and O–H groups in total. The second kappa shape index (κ2) is 4.81. The highest BCUT2D eigenvalue weighted by Crippen LogP contribution is 2.35. The minimum atomic E-state index is -1.04. The molecule has 1 heterocycles. The lowest BCUT2D eigenvalue weighted by Gasteiger charge is -2.10. The van der Waals surface area contributed by atoms with Gasteiger partial charge in [-0.15, -0.1) is 0 Å². The SMILES string of the molecule is COc1cc2ncc(C(=O)O)c(Br)c2cc1OC. The van der Waals surface area contributed by atoms with Gasteiger partial charge in [0.2, 0.25) is 0 Å². The van der Waals surface area contributed by atoms with E-state index in [-0.39, 0.29) is 5.56 Å². The molecular formula is C12H10BrNO4. The van der Waals surface area contributed by atoms with Gasteiger partial charge in [0.1, 0.15) is 0 Å². The summed E-state index contributed by atoms with van der Waals surface area (Å²) in [7, 11) is 3.05. The molecule has 2 aromatic rings. The monoisotopic (exact) mass is 311 g/mol. The van der Waals surface area contributed by atoms with E-state index < -0.39 is 5.97 Å². The van der Waals surface area contributed by atoms with E-state index in [1.54, 1.807) is 12.1 Å². The van der Waals surface area contributed by atoms with Gasteiger partial charge in [-0.05, 0) is 22.0 Å². The number of carboxylic acids is 1. The summed E-state index contributed by atoms with van der Waals surface area (Å²) in [5.41, 5.74) is 0.735. The molecule has 94 valence electrons. The molecule has 18 heavy (non-hydrogen) atoms. The molecule has 1 aromatic carbocycles. The number of carboxylic acid groups (broad SMARTS) is 1. The number of hydrogen-bond acceptors (Lipinski definition) is 4. The number of benzene rings is 1. The van der Waals surface area contributed by atoms with Crippen LogP contribution in [-0.2, 0) is 0 Å². The predicted octanol–water partition coefficient (Wildman–Crippen LogP) is 2.71. The van der Waals surface area contributed by atoms with Crippen molar-refractivity contribution in [3.05, 3.63) is 28.4 Å². The molecule has 0 aliphatic rings. The summed E-state index contributed by atoms with van der Waals surface area (Å²) in [5.74, 6) is 0.0357. The minimum Gasteiger partial charge on any atom is -0.493 e. The van der Waals surface area contributed by atoms with E-state index in [1.165, 1.54) is 20.4 Å². The zero-order valence-electron chi connectivity index (χ0n) is 9.73. The van der Waals surface area contributed by atoms with Crippen LogP contribution in [0.1, 0.15) is 10.4 Å². The Balaban J connectivity index is 2.77. The van der Waals surface area contributed by atoms with Crippen molar-refractivity contribution >= 4 is 32.8 Å². The molecule has 0 atom stereocenters. The zero-order chi connectivity index (χ0) is 13.3. The summed E-state index contributed by atoms with van der Waals surface area (Å²) < 4.78 is 10.8. The maximum Gasteiger partial charge on any atom is 0.338 e. The molecule has 0 spiro atoms. The molecule has 5 nitrogen and oxygen atoms in total. The van der Waals surface area contributed by atoms with Gasteiger partial charge in [-0.2, -0.15) is 0 Å². The van der Waals surface area contributed by atoms with Crippen molar-refractivity contribution in [3.63, 3.8) is 0 Å². The number of methoxy groups -OCH3 is 2. The Hall–Kier alpha value is -1.82. The second-order valence-corrected chi connectivity index (χ2v) is 4.31. The number of rotatable bonds is 3. The topological polar surface area (TPSA) is 68.7 Å². The molecule has 0 saturated carbocycles. The third kappa shape index (κ3) is 1.99. The van der Waals surface area contributed by atoms with Gasteiger partial charge in [0.25, 0.3) is 0 Å². The molecule has 0 unspecified atom stereocenters. The third-order valence-corrected chi connectivity index (χ3v) is 3.39. The summed E-state index contributed by atoms with van der Waals surface area (Å²) in [6, 6.07) is 3.39. The van der Waals surface area contributed by atoms with E-state index >= 15 is 0 Å². The lowest BCUT2D eigenvalue weighted by molar-refractivity contribution is 0.0695. The Kier molecular flexibility index (Phi) is 3.38. The molecule has 0 saturated heterocycles. The fourth-order valence-corrected chi connectivity index (χ4v) is 2.23. The first-order valence-electron chi connectivity index (χ1n) is 5.02. The number of nitrogens with zero attached hydrogens (tertiary/aromatic N) is 1. The summed E-state index contributed by atoms with van der Waals surface area (Å²) in [6.45, 7) is 0. The van der Waals surface area contributed by atoms with Crippen LogP contribution >= 0.6 is 15.9 Å². The normalized spacial score (nSPS) is 10.4. The van der Waals surface area contributed by atoms with Crippen LogP contribution in [0, 0.1) is 0 Å². The highest BCUT2D eigenvalue weighted by atomic mass is 79.9. The maximum atomic E-state index is 11.0. The summed E-state index contributed by atoms with van der Waals surface area (Å²) >= 11 is 3.28. The molecule has 0 aliphatic heterocycles. The Morgan fingerprint density at radius 3 is 2.44 bits per heavy atom. The molecule has 0 radical (unpaired) electrons. The quantitative estimate of drug-likeness (QED) is 0.944. The van der Waals surface area contributed by atoms with Gasteiger partial charge in [0, 0.05) is 22.1 Å². The number of ether oxygens (including phenoxy) is 2. The second-order valence-electron chi connectivity index (χ2n) is 3.52. The Labute approximate surface area is 111 Å². The fourth-order valence-electron chi connectivity index (χ4n) is 1.64. The number of hydrogen-bond donors (Lipinski definition) is 1. The summed E-state index contributed by atoms with van der Waals surface area (Å²) in [5, 5.41) is 9.69. The average molecular weight is 312 g/mol. The molecule has 1 aromatic heterocycles.